The predicted molar refractivity (Wildman–Crippen MR) is 140 cm³/mol. The fourth-order valence-corrected chi connectivity index (χ4v) is 7.07. The minimum Gasteiger partial charge on any atom is -0.461 e. The second-order valence-corrected chi connectivity index (χ2v) is 10.9. The summed E-state index contributed by atoms with van der Waals surface area (Å²) in [5, 5.41) is 17.9. The number of hydrogen-bond acceptors (Lipinski definition) is 8. The SMILES string of the molecule is C=CCOC(=O)[C@H]1[C@@H]2OC3(CC2Br)C(C(=O)N(CC=C)Cn2nnc4ccccc42)N(CCCO)C(=O)[C@H]13. The summed E-state index contributed by atoms with van der Waals surface area (Å²) in [5.74, 6) is -2.97. The number of hydrogen-bond donors (Lipinski definition) is 1. The number of carbonyl (C=O) groups is 3. The summed E-state index contributed by atoms with van der Waals surface area (Å²) < 4.78 is 13.4. The van der Waals surface area contributed by atoms with E-state index in [1.165, 1.54) is 11.0 Å². The molecule has 202 valence electrons. The fraction of sp³-hybridized carbons (Fsp3) is 0.500. The van der Waals surface area contributed by atoms with Crippen LogP contribution >= 0.6 is 15.9 Å². The van der Waals surface area contributed by atoms with E-state index in [0.717, 1.165) is 5.52 Å². The minimum absolute atomic E-state index is 0.0124. The Kier molecular flexibility index (Phi) is 7.38. The van der Waals surface area contributed by atoms with Crippen molar-refractivity contribution in [1.82, 2.24) is 24.8 Å². The quantitative estimate of drug-likeness (QED) is 0.236. The van der Waals surface area contributed by atoms with Crippen LogP contribution in [-0.4, -0.2) is 96.6 Å². The van der Waals surface area contributed by atoms with Crippen LogP contribution in [0.1, 0.15) is 12.8 Å². The molecule has 1 N–H and O–H groups in total. The van der Waals surface area contributed by atoms with Crippen molar-refractivity contribution in [3.63, 3.8) is 0 Å². The molecule has 2 amide bonds. The zero-order valence-corrected chi connectivity index (χ0v) is 22.4. The maximum absolute atomic E-state index is 14.3. The second kappa shape index (κ2) is 10.6. The van der Waals surface area contributed by atoms with Crippen LogP contribution in [0.3, 0.4) is 0 Å². The van der Waals surface area contributed by atoms with Gasteiger partial charge >= 0.3 is 5.97 Å². The summed E-state index contributed by atoms with van der Waals surface area (Å²) in [5.41, 5.74) is 0.233. The van der Waals surface area contributed by atoms with Crippen molar-refractivity contribution in [2.75, 3.05) is 26.3 Å². The number of para-hydroxylation sites is 1. The Hall–Kier alpha value is -3.09. The Balaban J connectivity index is 1.52. The van der Waals surface area contributed by atoms with Gasteiger partial charge in [0.05, 0.1) is 23.5 Å². The monoisotopic (exact) mass is 587 g/mol. The third-order valence-electron chi connectivity index (χ3n) is 7.58. The lowest BCUT2D eigenvalue weighted by atomic mass is 9.70. The van der Waals surface area contributed by atoms with Crippen LogP contribution < -0.4 is 0 Å². The number of ether oxygens (including phenoxy) is 2. The van der Waals surface area contributed by atoms with E-state index in [2.05, 4.69) is 39.4 Å². The third kappa shape index (κ3) is 4.15. The van der Waals surface area contributed by atoms with E-state index < -0.39 is 35.6 Å². The highest BCUT2D eigenvalue weighted by molar-refractivity contribution is 9.09. The van der Waals surface area contributed by atoms with E-state index in [1.54, 1.807) is 15.7 Å². The molecule has 1 aromatic carbocycles. The molecular formula is C26H30BrN5O6. The number of nitrogens with zero attached hydrogens (tertiary/aromatic N) is 5. The molecule has 0 saturated carbocycles. The molecule has 38 heavy (non-hydrogen) atoms. The highest BCUT2D eigenvalue weighted by atomic mass is 79.9. The number of halogens is 1. The first kappa shape index (κ1) is 26.5. The first-order chi connectivity index (χ1) is 18.4. The lowest BCUT2D eigenvalue weighted by Crippen LogP contribution is -2.57. The van der Waals surface area contributed by atoms with E-state index in [1.807, 2.05) is 24.3 Å². The number of carbonyl (C=O) groups excluding carboxylic acids is 3. The zero-order valence-electron chi connectivity index (χ0n) is 20.8. The van der Waals surface area contributed by atoms with Gasteiger partial charge < -0.3 is 24.4 Å². The van der Waals surface area contributed by atoms with Gasteiger partial charge in [0, 0.05) is 24.5 Å². The van der Waals surface area contributed by atoms with Crippen molar-refractivity contribution >= 4 is 44.7 Å². The highest BCUT2D eigenvalue weighted by Crippen LogP contribution is 2.60. The molecule has 5 rings (SSSR count). The first-order valence-corrected chi connectivity index (χ1v) is 13.5. The highest BCUT2D eigenvalue weighted by Gasteiger charge is 2.77. The van der Waals surface area contributed by atoms with Gasteiger partial charge in [-0.2, -0.15) is 0 Å². The zero-order chi connectivity index (χ0) is 27.0. The molecule has 0 radical (unpaired) electrons. The van der Waals surface area contributed by atoms with Gasteiger partial charge in [0.25, 0.3) is 0 Å². The Morgan fingerprint density at radius 1 is 1.32 bits per heavy atom. The number of alkyl halides is 1. The van der Waals surface area contributed by atoms with Crippen molar-refractivity contribution in [3.05, 3.63) is 49.6 Å². The van der Waals surface area contributed by atoms with Crippen LogP contribution in [0.4, 0.5) is 0 Å². The van der Waals surface area contributed by atoms with E-state index in [4.69, 9.17) is 9.47 Å². The van der Waals surface area contributed by atoms with Crippen LogP contribution in [0.15, 0.2) is 49.6 Å². The molecule has 2 aromatic rings. The summed E-state index contributed by atoms with van der Waals surface area (Å²) in [7, 11) is 0. The van der Waals surface area contributed by atoms with Crippen LogP contribution in [-0.2, 0) is 30.5 Å². The molecule has 4 heterocycles. The number of likely N-dealkylation sites (tertiary alicyclic amines) is 1. The molecule has 3 saturated heterocycles. The molecule has 3 aliphatic rings. The lowest BCUT2D eigenvalue weighted by molar-refractivity contribution is -0.154. The van der Waals surface area contributed by atoms with Crippen LogP contribution in [0.5, 0.6) is 0 Å². The number of benzene rings is 1. The van der Waals surface area contributed by atoms with Gasteiger partial charge in [-0.25, -0.2) is 4.68 Å². The second-order valence-electron chi connectivity index (χ2n) is 9.76. The molecule has 0 aliphatic carbocycles. The Morgan fingerprint density at radius 2 is 2.11 bits per heavy atom. The molecule has 3 unspecified atom stereocenters. The topological polar surface area (TPSA) is 127 Å². The van der Waals surface area contributed by atoms with Gasteiger partial charge in [-0.1, -0.05) is 52.0 Å². The van der Waals surface area contributed by atoms with Gasteiger partial charge in [-0.15, -0.1) is 11.7 Å². The smallest absolute Gasteiger partial charge is 0.312 e. The van der Waals surface area contributed by atoms with Crippen LogP contribution in [0, 0.1) is 11.8 Å². The molecular weight excluding hydrogens is 558 g/mol. The molecule has 3 fully saturated rings. The Labute approximate surface area is 228 Å². The summed E-state index contributed by atoms with van der Waals surface area (Å²) in [6.07, 6.45) is 3.12. The van der Waals surface area contributed by atoms with E-state index in [-0.39, 0.29) is 56.0 Å². The number of aromatic nitrogens is 3. The Morgan fingerprint density at radius 3 is 2.84 bits per heavy atom. The number of aliphatic hydroxyl groups is 1. The van der Waals surface area contributed by atoms with Crippen molar-refractivity contribution in [2.45, 2.75) is 42.1 Å². The van der Waals surface area contributed by atoms with Crippen molar-refractivity contribution in [1.29, 1.82) is 0 Å². The predicted octanol–water partition coefficient (Wildman–Crippen LogP) is 1.26. The average molecular weight is 588 g/mol. The van der Waals surface area contributed by atoms with Gasteiger partial charge in [-0.3, -0.25) is 14.4 Å². The maximum Gasteiger partial charge on any atom is 0.312 e. The lowest BCUT2D eigenvalue weighted by Gasteiger charge is -2.37. The van der Waals surface area contributed by atoms with E-state index in [0.29, 0.717) is 11.9 Å². The average Bonchev–Trinajstić information content (AvgIpc) is 3.63. The number of fused-ring (bicyclic) bond motifs is 2. The summed E-state index contributed by atoms with van der Waals surface area (Å²) in [6, 6.07) is 6.43. The van der Waals surface area contributed by atoms with Gasteiger partial charge in [0.2, 0.25) is 11.8 Å². The van der Waals surface area contributed by atoms with Crippen molar-refractivity contribution in [2.24, 2.45) is 11.8 Å². The van der Waals surface area contributed by atoms with E-state index in [9.17, 15) is 19.5 Å². The largest absolute Gasteiger partial charge is 0.461 e. The molecule has 2 bridgehead atoms. The minimum atomic E-state index is -1.22. The number of rotatable bonds is 11. The molecule has 11 nitrogen and oxygen atoms in total. The fourth-order valence-electron chi connectivity index (χ4n) is 6.13. The molecule has 1 spiro atoms. The first-order valence-electron chi connectivity index (χ1n) is 12.6. The van der Waals surface area contributed by atoms with Crippen LogP contribution in [0.25, 0.3) is 11.0 Å². The van der Waals surface area contributed by atoms with Crippen molar-refractivity contribution < 1.29 is 29.0 Å². The Bertz CT molecular complexity index is 1270. The summed E-state index contributed by atoms with van der Waals surface area (Å²) in [6.45, 7) is 7.67. The normalized spacial score (nSPS) is 29.5. The maximum atomic E-state index is 14.3. The number of amides is 2. The summed E-state index contributed by atoms with van der Waals surface area (Å²) in [4.78, 5) is 44.1. The van der Waals surface area contributed by atoms with Gasteiger partial charge in [-0.05, 0) is 25.0 Å². The van der Waals surface area contributed by atoms with Crippen molar-refractivity contribution in [3.8, 4) is 0 Å². The van der Waals surface area contributed by atoms with E-state index >= 15 is 0 Å². The van der Waals surface area contributed by atoms with Gasteiger partial charge in [0.1, 0.15) is 30.4 Å². The molecule has 1 aromatic heterocycles. The molecule has 12 heteroatoms. The molecule has 6 atom stereocenters. The molecule has 3 aliphatic heterocycles. The summed E-state index contributed by atoms with van der Waals surface area (Å²) >= 11 is 3.63. The number of esters is 1. The standard InChI is InChI=1S/C26H30BrN5O6/c1-3-10-30(15-32-18-9-6-5-8-17(18)28-29-32)24(35)22-26-14-16(27)21(38-26)19(25(36)37-13-4-2)20(26)23(34)31(22)11-7-12-33/h3-6,8-9,16,19-22,33H,1-2,7,10-15H2/t16?,19-,20+,21-,22?,26?/m1/s1. The number of aliphatic hydroxyl groups excluding tert-OH is 1. The van der Waals surface area contributed by atoms with Crippen LogP contribution in [0.2, 0.25) is 0 Å². The third-order valence-corrected chi connectivity index (χ3v) is 8.43. The van der Waals surface area contributed by atoms with Gasteiger partial charge in [0.15, 0.2) is 0 Å².